The Bertz CT molecular complexity index is 351. The molecule has 0 bridgehead atoms. The van der Waals surface area contributed by atoms with Crippen molar-refractivity contribution in [1.82, 2.24) is 14.8 Å². The molecule has 5 heteroatoms. The zero-order valence-corrected chi connectivity index (χ0v) is 9.89. The molecule has 90 valence electrons. The molecule has 1 aliphatic rings. The second kappa shape index (κ2) is 4.93. The Labute approximate surface area is 95.4 Å². The Morgan fingerprint density at radius 1 is 1.50 bits per heavy atom. The Morgan fingerprint density at radius 3 is 2.88 bits per heavy atom. The maximum absolute atomic E-state index is 9.20. The Kier molecular flexibility index (Phi) is 3.56. The van der Waals surface area contributed by atoms with Gasteiger partial charge in [0, 0.05) is 13.2 Å². The number of hydrogen-bond acceptors (Lipinski definition) is 4. The Morgan fingerprint density at radius 2 is 2.31 bits per heavy atom. The molecule has 0 amide bonds. The van der Waals surface area contributed by atoms with Gasteiger partial charge in [0.1, 0.15) is 12.7 Å². The summed E-state index contributed by atoms with van der Waals surface area (Å²) in [6.07, 6.45) is 2.11. The summed E-state index contributed by atoms with van der Waals surface area (Å²) >= 11 is 0. The average molecular weight is 225 g/mol. The van der Waals surface area contributed by atoms with Gasteiger partial charge in [-0.1, -0.05) is 13.8 Å². The maximum Gasteiger partial charge on any atom is 0.162 e. The minimum atomic E-state index is -0.0614. The molecule has 1 N–H and O–H groups in total. The summed E-state index contributed by atoms with van der Waals surface area (Å²) in [6.45, 7) is 5.84. The molecule has 1 aromatic rings. The lowest BCUT2D eigenvalue weighted by Crippen LogP contribution is -2.14. The first kappa shape index (κ1) is 11.5. The lowest BCUT2D eigenvalue weighted by atomic mass is 10.0. The molecule has 1 saturated heterocycles. The lowest BCUT2D eigenvalue weighted by molar-refractivity contribution is 0.0834. The van der Waals surface area contributed by atoms with E-state index in [2.05, 4.69) is 24.0 Å². The third-order valence-electron chi connectivity index (χ3n) is 3.09. The molecular weight excluding hydrogens is 206 g/mol. The van der Waals surface area contributed by atoms with Gasteiger partial charge in [-0.15, -0.1) is 10.2 Å². The highest BCUT2D eigenvalue weighted by atomic mass is 16.5. The van der Waals surface area contributed by atoms with Crippen LogP contribution in [0.15, 0.2) is 0 Å². The van der Waals surface area contributed by atoms with Crippen LogP contribution in [0.5, 0.6) is 0 Å². The molecule has 1 aromatic heterocycles. The van der Waals surface area contributed by atoms with Crippen LogP contribution in [0.4, 0.5) is 0 Å². The van der Waals surface area contributed by atoms with Crippen LogP contribution in [0.2, 0.25) is 0 Å². The number of nitrogens with zero attached hydrogens (tertiary/aromatic N) is 3. The minimum Gasteiger partial charge on any atom is -0.388 e. The van der Waals surface area contributed by atoms with Crippen molar-refractivity contribution in [2.24, 2.45) is 5.92 Å². The van der Waals surface area contributed by atoms with E-state index in [4.69, 9.17) is 4.74 Å². The van der Waals surface area contributed by atoms with Crippen molar-refractivity contribution < 1.29 is 9.84 Å². The SMILES string of the molecule is CCCn1c(CO)nnc1C1OCCC1C. The standard InChI is InChI=1S/C11H19N3O2/c1-3-5-14-9(7-15)12-13-11(14)10-8(2)4-6-16-10/h8,10,15H,3-7H2,1-2H3. The van der Waals surface area contributed by atoms with Crippen LogP contribution in [0.25, 0.3) is 0 Å². The van der Waals surface area contributed by atoms with E-state index in [1.54, 1.807) is 0 Å². The molecule has 2 heterocycles. The Balaban J connectivity index is 2.28. The monoisotopic (exact) mass is 225 g/mol. The summed E-state index contributed by atoms with van der Waals surface area (Å²) in [4.78, 5) is 0. The van der Waals surface area contributed by atoms with E-state index in [1.807, 2.05) is 4.57 Å². The van der Waals surface area contributed by atoms with Crippen LogP contribution >= 0.6 is 0 Å². The summed E-state index contributed by atoms with van der Waals surface area (Å²) in [6, 6.07) is 0. The van der Waals surface area contributed by atoms with E-state index in [9.17, 15) is 5.11 Å². The average Bonchev–Trinajstić information content (AvgIpc) is 2.85. The van der Waals surface area contributed by atoms with Crippen molar-refractivity contribution in [2.75, 3.05) is 6.61 Å². The molecular formula is C11H19N3O2. The van der Waals surface area contributed by atoms with Crippen LogP contribution in [0, 0.1) is 5.92 Å². The second-order valence-electron chi connectivity index (χ2n) is 4.34. The largest absolute Gasteiger partial charge is 0.388 e. The molecule has 2 unspecified atom stereocenters. The van der Waals surface area contributed by atoms with Crippen molar-refractivity contribution >= 4 is 0 Å². The highest BCUT2D eigenvalue weighted by molar-refractivity contribution is 5.01. The van der Waals surface area contributed by atoms with E-state index in [1.165, 1.54) is 0 Å². The number of ether oxygens (including phenoxy) is 1. The van der Waals surface area contributed by atoms with Crippen LogP contribution < -0.4 is 0 Å². The topological polar surface area (TPSA) is 60.2 Å². The molecule has 0 radical (unpaired) electrons. The summed E-state index contributed by atoms with van der Waals surface area (Å²) in [5.74, 6) is 1.99. The maximum atomic E-state index is 9.20. The zero-order valence-electron chi connectivity index (χ0n) is 9.89. The van der Waals surface area contributed by atoms with Gasteiger partial charge in [-0.2, -0.15) is 0 Å². The number of rotatable bonds is 4. The Hall–Kier alpha value is -0.940. The summed E-state index contributed by atoms with van der Waals surface area (Å²) < 4.78 is 7.68. The van der Waals surface area contributed by atoms with Gasteiger partial charge in [-0.3, -0.25) is 0 Å². The third-order valence-corrected chi connectivity index (χ3v) is 3.09. The van der Waals surface area contributed by atoms with Crippen LogP contribution in [0.3, 0.4) is 0 Å². The highest BCUT2D eigenvalue weighted by Gasteiger charge is 2.30. The zero-order chi connectivity index (χ0) is 11.5. The van der Waals surface area contributed by atoms with Crippen LogP contribution in [-0.4, -0.2) is 26.5 Å². The molecule has 2 rings (SSSR count). The van der Waals surface area contributed by atoms with Crippen molar-refractivity contribution in [3.8, 4) is 0 Å². The number of aromatic nitrogens is 3. The second-order valence-corrected chi connectivity index (χ2v) is 4.34. The normalized spacial score (nSPS) is 25.2. The first-order chi connectivity index (χ1) is 7.77. The summed E-state index contributed by atoms with van der Waals surface area (Å²) in [5, 5.41) is 17.4. The van der Waals surface area contributed by atoms with Gasteiger partial charge in [0.15, 0.2) is 11.6 Å². The van der Waals surface area contributed by atoms with Gasteiger partial charge in [-0.25, -0.2) is 0 Å². The van der Waals surface area contributed by atoms with Crippen LogP contribution in [0.1, 0.15) is 44.4 Å². The third kappa shape index (κ3) is 1.97. The molecule has 16 heavy (non-hydrogen) atoms. The first-order valence-corrected chi connectivity index (χ1v) is 5.92. The van der Waals surface area contributed by atoms with E-state index in [0.717, 1.165) is 31.8 Å². The molecule has 0 aromatic carbocycles. The molecule has 0 saturated carbocycles. The fraction of sp³-hybridized carbons (Fsp3) is 0.818. The smallest absolute Gasteiger partial charge is 0.162 e. The van der Waals surface area contributed by atoms with Crippen LogP contribution in [-0.2, 0) is 17.9 Å². The van der Waals surface area contributed by atoms with Crippen molar-refractivity contribution in [1.29, 1.82) is 0 Å². The quantitative estimate of drug-likeness (QED) is 0.838. The van der Waals surface area contributed by atoms with E-state index < -0.39 is 0 Å². The van der Waals surface area contributed by atoms with E-state index in [0.29, 0.717) is 11.7 Å². The van der Waals surface area contributed by atoms with Gasteiger partial charge in [-0.05, 0) is 18.8 Å². The van der Waals surface area contributed by atoms with Gasteiger partial charge in [0.2, 0.25) is 0 Å². The first-order valence-electron chi connectivity index (χ1n) is 5.92. The molecule has 5 nitrogen and oxygen atoms in total. The minimum absolute atomic E-state index is 0.0411. The molecule has 2 atom stereocenters. The molecule has 1 fully saturated rings. The lowest BCUT2D eigenvalue weighted by Gasteiger charge is -2.15. The fourth-order valence-corrected chi connectivity index (χ4v) is 2.17. The van der Waals surface area contributed by atoms with E-state index in [-0.39, 0.29) is 12.7 Å². The predicted octanol–water partition coefficient (Wildman–Crippen LogP) is 1.28. The van der Waals surface area contributed by atoms with Crippen molar-refractivity contribution in [2.45, 2.75) is 45.9 Å². The number of hydrogen-bond donors (Lipinski definition) is 1. The fourth-order valence-electron chi connectivity index (χ4n) is 2.17. The van der Waals surface area contributed by atoms with Gasteiger partial charge in [0.25, 0.3) is 0 Å². The van der Waals surface area contributed by atoms with Gasteiger partial charge >= 0.3 is 0 Å². The highest BCUT2D eigenvalue weighted by Crippen LogP contribution is 2.33. The van der Waals surface area contributed by atoms with Gasteiger partial charge in [0.05, 0.1) is 0 Å². The predicted molar refractivity (Wildman–Crippen MR) is 58.7 cm³/mol. The van der Waals surface area contributed by atoms with E-state index >= 15 is 0 Å². The van der Waals surface area contributed by atoms with Crippen molar-refractivity contribution in [3.63, 3.8) is 0 Å². The molecule has 0 aliphatic carbocycles. The summed E-state index contributed by atoms with van der Waals surface area (Å²) in [7, 11) is 0. The van der Waals surface area contributed by atoms with Crippen molar-refractivity contribution in [3.05, 3.63) is 11.6 Å². The van der Waals surface area contributed by atoms with Gasteiger partial charge < -0.3 is 14.4 Å². The number of aliphatic hydroxyl groups is 1. The molecule has 0 spiro atoms. The number of aliphatic hydroxyl groups excluding tert-OH is 1. The summed E-state index contributed by atoms with van der Waals surface area (Å²) in [5.41, 5.74) is 0. The molecule has 1 aliphatic heterocycles.